The van der Waals surface area contributed by atoms with Crippen molar-refractivity contribution >= 4 is 23.8 Å². The molecule has 0 unspecified atom stereocenters. The quantitative estimate of drug-likeness (QED) is 0.395. The number of aldehydes is 1. The lowest BCUT2D eigenvalue weighted by atomic mass is 10.1. The molecule has 0 fully saturated rings. The maximum Gasteiger partial charge on any atom is 0.255 e. The van der Waals surface area contributed by atoms with Crippen LogP contribution in [0.15, 0.2) is 36.5 Å². The zero-order valence-corrected chi connectivity index (χ0v) is 18.1. The second-order valence-electron chi connectivity index (χ2n) is 7.77. The fourth-order valence-electron chi connectivity index (χ4n) is 3.79. The summed E-state index contributed by atoms with van der Waals surface area (Å²) >= 11 is 0. The fraction of sp³-hybridized carbons (Fsp3) is 0.304. The molecule has 3 heterocycles. The Labute approximate surface area is 186 Å². The van der Waals surface area contributed by atoms with Crippen LogP contribution in [0, 0.1) is 6.92 Å². The fourth-order valence-corrected chi connectivity index (χ4v) is 3.79. The van der Waals surface area contributed by atoms with Gasteiger partial charge in [-0.3, -0.25) is 19.1 Å². The maximum absolute atomic E-state index is 12.5. The van der Waals surface area contributed by atoms with Crippen LogP contribution in [-0.4, -0.2) is 64.6 Å². The third-order valence-electron chi connectivity index (χ3n) is 5.44. The number of anilines is 1. The normalized spacial score (nSPS) is 12.5. The topological polar surface area (TPSA) is 109 Å². The zero-order chi connectivity index (χ0) is 22.7. The number of hydrogen-bond acceptors (Lipinski definition) is 5. The van der Waals surface area contributed by atoms with Crippen molar-refractivity contribution in [1.29, 1.82) is 0 Å². The van der Waals surface area contributed by atoms with Crippen molar-refractivity contribution in [1.82, 2.24) is 19.7 Å². The Morgan fingerprint density at radius 2 is 2.16 bits per heavy atom. The van der Waals surface area contributed by atoms with Gasteiger partial charge in [-0.1, -0.05) is 6.07 Å². The molecule has 0 radical (unpaired) electrons. The van der Waals surface area contributed by atoms with Gasteiger partial charge in [0.15, 0.2) is 6.29 Å². The number of aromatic nitrogens is 3. The van der Waals surface area contributed by atoms with Crippen LogP contribution in [0.4, 0.5) is 5.69 Å². The molecule has 2 N–H and O–H groups in total. The highest BCUT2D eigenvalue weighted by Gasteiger charge is 2.19. The number of likely N-dealkylation sites (N-methyl/N-ethyl adjacent to an activating group) is 1. The summed E-state index contributed by atoms with van der Waals surface area (Å²) in [6, 6.07) is 9.50. The van der Waals surface area contributed by atoms with Gasteiger partial charge in [0, 0.05) is 38.2 Å². The number of nitrogens with one attached hydrogen (secondary N) is 2. The zero-order valence-electron chi connectivity index (χ0n) is 18.1. The van der Waals surface area contributed by atoms with Crippen molar-refractivity contribution in [2.24, 2.45) is 0 Å². The van der Waals surface area contributed by atoms with Crippen LogP contribution in [-0.2, 0) is 22.5 Å². The molecule has 0 bridgehead atoms. The predicted octanol–water partition coefficient (Wildman–Crippen LogP) is 2.53. The molecule has 0 spiro atoms. The van der Waals surface area contributed by atoms with E-state index in [1.807, 2.05) is 28.9 Å². The third kappa shape index (κ3) is 4.47. The van der Waals surface area contributed by atoms with E-state index in [0.29, 0.717) is 44.6 Å². The van der Waals surface area contributed by atoms with Gasteiger partial charge in [-0.05, 0) is 36.8 Å². The van der Waals surface area contributed by atoms with E-state index in [4.69, 9.17) is 4.74 Å². The number of carbonyl (C=O) groups is 3. The minimum Gasteiger partial charge on any atom is -0.378 e. The lowest BCUT2D eigenvalue weighted by Gasteiger charge is -2.17. The van der Waals surface area contributed by atoms with Gasteiger partial charge >= 0.3 is 0 Å². The second-order valence-corrected chi connectivity index (χ2v) is 7.77. The van der Waals surface area contributed by atoms with E-state index in [1.165, 1.54) is 4.90 Å². The van der Waals surface area contributed by atoms with Gasteiger partial charge in [-0.25, -0.2) is 0 Å². The molecule has 0 saturated carbocycles. The molecule has 3 aromatic rings. The maximum atomic E-state index is 12.5. The molecule has 1 aromatic carbocycles. The molecule has 0 atom stereocenters. The summed E-state index contributed by atoms with van der Waals surface area (Å²) in [5, 5.41) is 7.22. The van der Waals surface area contributed by atoms with E-state index in [9.17, 15) is 14.4 Å². The van der Waals surface area contributed by atoms with Crippen molar-refractivity contribution in [2.45, 2.75) is 19.9 Å². The molecule has 32 heavy (non-hydrogen) atoms. The molecule has 2 amide bonds. The Balaban J connectivity index is 0.00000306. The SMILES string of the molecule is Cc1cc(C(=O)N(C)CCOCCn2nccc2-c2ccc3c(c2)CC(=O)N3)c(C=O)[nH]1.[HH]. The van der Waals surface area contributed by atoms with Gasteiger partial charge < -0.3 is 19.9 Å². The third-order valence-corrected chi connectivity index (χ3v) is 5.44. The van der Waals surface area contributed by atoms with Crippen LogP contribution in [0.5, 0.6) is 0 Å². The summed E-state index contributed by atoms with van der Waals surface area (Å²) < 4.78 is 7.58. The molecule has 0 saturated heterocycles. The van der Waals surface area contributed by atoms with Gasteiger partial charge in [0.25, 0.3) is 5.91 Å². The summed E-state index contributed by atoms with van der Waals surface area (Å²) in [5.41, 5.74) is 5.22. The average molecular weight is 438 g/mol. The molecule has 0 aliphatic carbocycles. The number of amides is 2. The summed E-state index contributed by atoms with van der Waals surface area (Å²) in [4.78, 5) is 39.7. The highest BCUT2D eigenvalue weighted by molar-refractivity contribution is 6.01. The van der Waals surface area contributed by atoms with Crippen LogP contribution in [0.25, 0.3) is 11.3 Å². The van der Waals surface area contributed by atoms with Gasteiger partial charge in [0.1, 0.15) is 0 Å². The first-order chi connectivity index (χ1) is 15.5. The molecular formula is C23H27N5O4. The highest BCUT2D eigenvalue weighted by atomic mass is 16.5. The lowest BCUT2D eigenvalue weighted by molar-refractivity contribution is -0.115. The van der Waals surface area contributed by atoms with Crippen molar-refractivity contribution < 1.29 is 20.5 Å². The van der Waals surface area contributed by atoms with E-state index in [0.717, 1.165) is 28.2 Å². The number of rotatable bonds is 9. The smallest absolute Gasteiger partial charge is 0.255 e. The Hall–Kier alpha value is -3.72. The number of H-pyrrole nitrogens is 1. The molecule has 168 valence electrons. The largest absolute Gasteiger partial charge is 0.378 e. The first-order valence-corrected chi connectivity index (χ1v) is 10.4. The molecule has 9 nitrogen and oxygen atoms in total. The van der Waals surface area contributed by atoms with Crippen LogP contribution < -0.4 is 5.32 Å². The number of benzene rings is 1. The highest BCUT2D eigenvalue weighted by Crippen LogP contribution is 2.28. The Bertz CT molecular complexity index is 1170. The Morgan fingerprint density at radius 3 is 2.97 bits per heavy atom. The van der Waals surface area contributed by atoms with Gasteiger partial charge in [0.05, 0.1) is 43.1 Å². The standard InChI is InChI=1S/C23H25N5O4.H2/c1-15-11-18(20(14-29)25-15)23(31)27(2)7-9-32-10-8-28-21(5-6-24-28)16-3-4-19-17(12-16)13-22(30)26-19;/h3-6,11-12,14,25H,7-10,13H2,1-2H3,(H,26,30);1H. The summed E-state index contributed by atoms with van der Waals surface area (Å²) in [6.45, 7) is 3.56. The van der Waals surface area contributed by atoms with Gasteiger partial charge in [0.2, 0.25) is 5.91 Å². The van der Waals surface area contributed by atoms with Crippen molar-refractivity contribution in [3.8, 4) is 11.3 Å². The summed E-state index contributed by atoms with van der Waals surface area (Å²) in [5.74, 6) is -0.212. The molecule has 4 rings (SSSR count). The van der Waals surface area contributed by atoms with Gasteiger partial charge in [-0.15, -0.1) is 0 Å². The van der Waals surface area contributed by atoms with E-state index in [-0.39, 0.29) is 18.9 Å². The van der Waals surface area contributed by atoms with Crippen molar-refractivity contribution in [3.05, 3.63) is 59.0 Å². The molecular weight excluding hydrogens is 410 g/mol. The monoisotopic (exact) mass is 437 g/mol. The van der Waals surface area contributed by atoms with E-state index >= 15 is 0 Å². The van der Waals surface area contributed by atoms with E-state index in [1.54, 1.807) is 26.2 Å². The lowest BCUT2D eigenvalue weighted by Crippen LogP contribution is -2.30. The van der Waals surface area contributed by atoms with Crippen molar-refractivity contribution in [3.63, 3.8) is 0 Å². The van der Waals surface area contributed by atoms with Crippen LogP contribution in [0.1, 0.15) is 33.5 Å². The predicted molar refractivity (Wildman–Crippen MR) is 121 cm³/mol. The van der Waals surface area contributed by atoms with Crippen LogP contribution in [0.2, 0.25) is 0 Å². The first-order valence-electron chi connectivity index (χ1n) is 10.4. The summed E-state index contributed by atoms with van der Waals surface area (Å²) in [6.07, 6.45) is 2.78. The molecule has 9 heteroatoms. The second kappa shape index (κ2) is 9.19. The molecule has 1 aliphatic rings. The number of ether oxygens (including phenoxy) is 1. The molecule has 2 aromatic heterocycles. The number of fused-ring (bicyclic) bond motifs is 1. The Kier molecular flexibility index (Phi) is 6.18. The van der Waals surface area contributed by atoms with Gasteiger partial charge in [-0.2, -0.15) is 5.10 Å². The summed E-state index contributed by atoms with van der Waals surface area (Å²) in [7, 11) is 1.68. The van der Waals surface area contributed by atoms with E-state index in [2.05, 4.69) is 15.4 Å². The molecule has 1 aliphatic heterocycles. The Morgan fingerprint density at radius 1 is 1.31 bits per heavy atom. The van der Waals surface area contributed by atoms with Crippen LogP contribution in [0.3, 0.4) is 0 Å². The number of aryl methyl sites for hydroxylation is 1. The number of aromatic amines is 1. The first kappa shape index (κ1) is 21.5. The number of hydrogen-bond donors (Lipinski definition) is 2. The van der Waals surface area contributed by atoms with Crippen molar-refractivity contribution in [2.75, 3.05) is 32.1 Å². The van der Waals surface area contributed by atoms with Crippen LogP contribution >= 0.6 is 0 Å². The minimum absolute atomic E-state index is 0. The minimum atomic E-state index is -0.223. The number of carbonyl (C=O) groups excluding carboxylic acids is 3. The number of nitrogens with zero attached hydrogens (tertiary/aromatic N) is 3. The van der Waals surface area contributed by atoms with E-state index < -0.39 is 0 Å². The average Bonchev–Trinajstić information content (AvgIpc) is 3.49.